The second-order valence-electron chi connectivity index (χ2n) is 15.6. The third-order valence-electron chi connectivity index (χ3n) is 10.9. The minimum atomic E-state index is -4.27. The van der Waals surface area contributed by atoms with Gasteiger partial charge in [-0.15, -0.1) is 0 Å². The standard InChI is InChI=1S/C44H85O3P/c1-3-5-7-9-11-13-15-17-19-21-23-25-27-29-31-34-38-42(44(48(45,46)47)43-40-36-33-37-41-43)39-35-32-30-28-26-24-22-20-18-16-14-12-10-8-6-4-2/h40H,3-39,41H2,1-2H3,(H2,45,46,47). The molecule has 284 valence electrons. The van der Waals surface area contributed by atoms with Crippen LogP contribution < -0.4 is 0 Å². The zero-order chi connectivity index (χ0) is 34.8. The predicted molar refractivity (Wildman–Crippen MR) is 214 cm³/mol. The maximum atomic E-state index is 12.8. The van der Waals surface area contributed by atoms with Gasteiger partial charge in [0.05, 0.1) is 5.31 Å². The monoisotopic (exact) mass is 693 g/mol. The second kappa shape index (κ2) is 33.8. The van der Waals surface area contributed by atoms with Gasteiger partial charge in [0.15, 0.2) is 0 Å². The smallest absolute Gasteiger partial charge is 0.321 e. The molecule has 0 atom stereocenters. The van der Waals surface area contributed by atoms with E-state index in [1.165, 1.54) is 193 Å². The third-order valence-corrected chi connectivity index (χ3v) is 12.1. The summed E-state index contributed by atoms with van der Waals surface area (Å²) in [5.74, 6) is 0. The first-order valence-electron chi connectivity index (χ1n) is 22.0. The molecule has 0 spiro atoms. The molecule has 2 N–H and O–H groups in total. The van der Waals surface area contributed by atoms with E-state index >= 15 is 0 Å². The van der Waals surface area contributed by atoms with Crippen LogP contribution in [0.5, 0.6) is 0 Å². The van der Waals surface area contributed by atoms with Gasteiger partial charge in [0.2, 0.25) is 0 Å². The molecule has 1 aliphatic rings. The molecule has 0 aliphatic heterocycles. The summed E-state index contributed by atoms with van der Waals surface area (Å²) >= 11 is 0. The van der Waals surface area contributed by atoms with Crippen molar-refractivity contribution >= 4 is 7.60 Å². The highest BCUT2D eigenvalue weighted by molar-refractivity contribution is 7.56. The van der Waals surface area contributed by atoms with Crippen LogP contribution in [0.15, 0.2) is 22.5 Å². The summed E-state index contributed by atoms with van der Waals surface area (Å²) in [5.41, 5.74) is 2.06. The molecule has 0 aromatic carbocycles. The Balaban J connectivity index is 2.27. The van der Waals surface area contributed by atoms with Crippen LogP contribution in [0.1, 0.15) is 258 Å². The first kappa shape index (κ1) is 45.7. The topological polar surface area (TPSA) is 57.5 Å². The van der Waals surface area contributed by atoms with E-state index in [1.54, 1.807) is 0 Å². The number of hydrogen-bond donors (Lipinski definition) is 2. The van der Waals surface area contributed by atoms with Crippen LogP contribution >= 0.6 is 7.60 Å². The summed E-state index contributed by atoms with van der Waals surface area (Å²) < 4.78 is 12.8. The van der Waals surface area contributed by atoms with E-state index in [2.05, 4.69) is 19.9 Å². The van der Waals surface area contributed by atoms with E-state index in [0.717, 1.165) is 62.5 Å². The zero-order valence-corrected chi connectivity index (χ0v) is 33.6. The largest absolute Gasteiger partial charge is 0.356 e. The molecule has 1 aliphatic carbocycles. The maximum Gasteiger partial charge on any atom is 0.356 e. The van der Waals surface area contributed by atoms with Gasteiger partial charge in [0, 0.05) is 0 Å². The van der Waals surface area contributed by atoms with Gasteiger partial charge in [0.25, 0.3) is 0 Å². The highest BCUT2D eigenvalue weighted by atomic mass is 31.2. The van der Waals surface area contributed by atoms with Crippen LogP contribution in [-0.4, -0.2) is 9.79 Å². The normalized spacial score (nSPS) is 13.6. The van der Waals surface area contributed by atoms with Crippen molar-refractivity contribution in [2.45, 2.75) is 258 Å². The van der Waals surface area contributed by atoms with Crippen molar-refractivity contribution in [2.24, 2.45) is 0 Å². The number of allylic oxidation sites excluding steroid dienone is 4. The van der Waals surface area contributed by atoms with Crippen molar-refractivity contribution in [3.63, 3.8) is 0 Å². The van der Waals surface area contributed by atoms with Gasteiger partial charge in [-0.1, -0.05) is 218 Å². The average molecular weight is 693 g/mol. The molecule has 4 heteroatoms. The maximum absolute atomic E-state index is 12.8. The van der Waals surface area contributed by atoms with Crippen molar-refractivity contribution in [1.29, 1.82) is 0 Å². The van der Waals surface area contributed by atoms with E-state index in [9.17, 15) is 14.4 Å². The number of unbranched alkanes of at least 4 members (excludes halogenated alkanes) is 30. The number of rotatable bonds is 36. The Labute approximate surface area is 301 Å². The van der Waals surface area contributed by atoms with Crippen molar-refractivity contribution in [1.82, 2.24) is 0 Å². The fourth-order valence-corrected chi connectivity index (χ4v) is 9.02. The molecular formula is C44H85O3P. The minimum Gasteiger partial charge on any atom is -0.321 e. The lowest BCUT2D eigenvalue weighted by Crippen LogP contribution is -2.02. The van der Waals surface area contributed by atoms with Crippen molar-refractivity contribution in [3.8, 4) is 0 Å². The summed E-state index contributed by atoms with van der Waals surface area (Å²) in [6, 6.07) is 0. The van der Waals surface area contributed by atoms with Crippen LogP contribution in [0.3, 0.4) is 0 Å². The van der Waals surface area contributed by atoms with Crippen LogP contribution in [0.4, 0.5) is 0 Å². The van der Waals surface area contributed by atoms with Gasteiger partial charge in [-0.3, -0.25) is 4.57 Å². The molecule has 0 fully saturated rings. The Bertz CT molecular complexity index is 772. The van der Waals surface area contributed by atoms with Crippen LogP contribution in [-0.2, 0) is 4.57 Å². The molecule has 3 nitrogen and oxygen atoms in total. The molecule has 1 rings (SSSR count). The second-order valence-corrected chi connectivity index (χ2v) is 17.1. The Kier molecular flexibility index (Phi) is 32.1. The van der Waals surface area contributed by atoms with Gasteiger partial charge < -0.3 is 9.79 Å². The molecule has 0 saturated heterocycles. The third kappa shape index (κ3) is 27.4. The summed E-state index contributed by atoms with van der Waals surface area (Å²) in [6.45, 7) is 4.58. The molecule has 48 heavy (non-hydrogen) atoms. The van der Waals surface area contributed by atoms with E-state index in [1.807, 2.05) is 0 Å². The van der Waals surface area contributed by atoms with E-state index in [4.69, 9.17) is 0 Å². The lowest BCUT2D eigenvalue weighted by Gasteiger charge is -2.22. The van der Waals surface area contributed by atoms with Crippen molar-refractivity contribution in [2.75, 3.05) is 0 Å². The molecule has 0 aromatic heterocycles. The Morgan fingerprint density at radius 1 is 0.479 bits per heavy atom. The summed E-state index contributed by atoms with van der Waals surface area (Å²) in [7, 11) is -4.27. The van der Waals surface area contributed by atoms with Gasteiger partial charge in [-0.05, 0) is 56.9 Å². The first-order valence-corrected chi connectivity index (χ1v) is 23.6. The van der Waals surface area contributed by atoms with Gasteiger partial charge in [0.1, 0.15) is 0 Å². The highest BCUT2D eigenvalue weighted by Gasteiger charge is 2.28. The minimum absolute atomic E-state index is 0.448. The fraction of sp³-hybridized carbons (Fsp3) is 0.909. The average Bonchev–Trinajstić information content (AvgIpc) is 3.07. The Morgan fingerprint density at radius 3 is 1.02 bits per heavy atom. The lowest BCUT2D eigenvalue weighted by molar-refractivity contribution is 0.381. The van der Waals surface area contributed by atoms with Gasteiger partial charge >= 0.3 is 7.60 Å². The van der Waals surface area contributed by atoms with Crippen molar-refractivity contribution in [3.05, 3.63) is 22.5 Å². The van der Waals surface area contributed by atoms with Crippen LogP contribution in [0.2, 0.25) is 0 Å². The quantitative estimate of drug-likeness (QED) is 0.0507. The highest BCUT2D eigenvalue weighted by Crippen LogP contribution is 2.53. The number of hydrogen-bond acceptors (Lipinski definition) is 1. The van der Waals surface area contributed by atoms with Crippen LogP contribution in [0, 0.1) is 0 Å². The van der Waals surface area contributed by atoms with Crippen LogP contribution in [0.25, 0.3) is 0 Å². The summed E-state index contributed by atoms with van der Waals surface area (Å²) in [5, 5.41) is 0.448. The van der Waals surface area contributed by atoms with E-state index in [0.29, 0.717) is 5.31 Å². The van der Waals surface area contributed by atoms with E-state index in [-0.39, 0.29) is 0 Å². The molecule has 0 saturated carbocycles. The molecule has 0 heterocycles. The summed E-state index contributed by atoms with van der Waals surface area (Å²) in [4.78, 5) is 21.0. The van der Waals surface area contributed by atoms with E-state index < -0.39 is 7.60 Å². The molecule has 0 unspecified atom stereocenters. The SMILES string of the molecule is CCCCCCCCCCCCCCCCCCC(CCCCCCCCCCCCCCCCCC)=C(C1=CCCCC1)P(=O)(O)O. The Morgan fingerprint density at radius 2 is 0.771 bits per heavy atom. The molecule has 0 radical (unpaired) electrons. The molecular weight excluding hydrogens is 607 g/mol. The zero-order valence-electron chi connectivity index (χ0n) is 32.7. The lowest BCUT2D eigenvalue weighted by atomic mass is 9.93. The Hall–Kier alpha value is -0.370. The predicted octanol–water partition coefficient (Wildman–Crippen LogP) is 16.2. The first-order chi connectivity index (χ1) is 23.5. The summed E-state index contributed by atoms with van der Waals surface area (Å²) in [6.07, 6.45) is 51.2. The van der Waals surface area contributed by atoms with Gasteiger partial charge in [-0.2, -0.15) is 0 Å². The van der Waals surface area contributed by atoms with Crippen molar-refractivity contribution < 1.29 is 14.4 Å². The van der Waals surface area contributed by atoms with Gasteiger partial charge in [-0.25, -0.2) is 0 Å². The molecule has 0 amide bonds. The fourth-order valence-electron chi connectivity index (χ4n) is 7.81. The molecule has 0 aromatic rings. The molecule has 0 bridgehead atoms.